The number of rotatable bonds is 6. The zero-order chi connectivity index (χ0) is 15.9. The molecule has 0 spiro atoms. The van der Waals surface area contributed by atoms with Gasteiger partial charge in [0.1, 0.15) is 5.75 Å². The zero-order valence-corrected chi connectivity index (χ0v) is 14.3. The lowest BCUT2D eigenvalue weighted by atomic mass is 10.1. The van der Waals surface area contributed by atoms with Gasteiger partial charge in [0.25, 0.3) is 0 Å². The predicted molar refractivity (Wildman–Crippen MR) is 93.2 cm³/mol. The normalized spacial score (nSPS) is 11.8. The molecule has 0 unspecified atom stereocenters. The lowest BCUT2D eigenvalue weighted by Gasteiger charge is -2.13. The Kier molecular flexibility index (Phi) is 6.18. The smallest absolute Gasteiger partial charge is 0.119 e. The lowest BCUT2D eigenvalue weighted by molar-refractivity contribution is -0.207. The van der Waals surface area contributed by atoms with Gasteiger partial charge in [-0.1, -0.05) is 52.4 Å². The molecule has 0 aliphatic rings. The van der Waals surface area contributed by atoms with Crippen LogP contribution in [0.5, 0.6) is 5.75 Å². The van der Waals surface area contributed by atoms with Crippen LogP contribution in [0, 0.1) is 12.8 Å². The molecule has 22 heavy (non-hydrogen) atoms. The average molecular weight is 313 g/mol. The number of ether oxygens (including phenoxy) is 1. The highest BCUT2D eigenvalue weighted by Gasteiger charge is 2.01. The largest absolute Gasteiger partial charge is 0.823 e. The van der Waals surface area contributed by atoms with Gasteiger partial charge < -0.3 is 9.84 Å². The van der Waals surface area contributed by atoms with Crippen LogP contribution in [0.1, 0.15) is 31.4 Å². The third-order valence-corrected chi connectivity index (χ3v) is 4.58. The molecule has 0 saturated carbocycles. The fourth-order valence-corrected chi connectivity index (χ4v) is 2.90. The second-order valence-electron chi connectivity index (χ2n) is 5.76. The predicted octanol–water partition coefficient (Wildman–Crippen LogP) is 3.53. The molecule has 0 atom stereocenters. The van der Waals surface area contributed by atoms with Gasteiger partial charge in [-0.05, 0) is 48.6 Å². The van der Waals surface area contributed by atoms with Gasteiger partial charge in [0.2, 0.25) is 0 Å². The van der Waals surface area contributed by atoms with Gasteiger partial charge in [0.15, 0.2) is 0 Å². The molecule has 0 radical (unpaired) electrons. The Morgan fingerprint density at radius 3 is 2.50 bits per heavy atom. The van der Waals surface area contributed by atoms with E-state index < -0.39 is 0 Å². The molecule has 0 aromatic heterocycles. The summed E-state index contributed by atoms with van der Waals surface area (Å²) in [7, 11) is 0.711. The van der Waals surface area contributed by atoms with E-state index in [1.807, 2.05) is 55.5 Å². The molecular formula is C19H22O2P-. The van der Waals surface area contributed by atoms with Crippen molar-refractivity contribution >= 4 is 19.0 Å². The minimum Gasteiger partial charge on any atom is -0.823 e. The van der Waals surface area contributed by atoms with Gasteiger partial charge in [-0.3, -0.25) is 0 Å². The van der Waals surface area contributed by atoms with E-state index in [0.29, 0.717) is 14.1 Å². The van der Waals surface area contributed by atoms with Crippen LogP contribution in [0.4, 0.5) is 0 Å². The molecule has 3 heteroatoms. The third-order valence-electron chi connectivity index (χ3n) is 3.37. The SMILES string of the molecule is Cc1cc(OCCC(C)C)ccc1P=C([O-])c1ccccc1. The molecule has 2 aromatic rings. The summed E-state index contributed by atoms with van der Waals surface area (Å²) in [6.07, 6.45) is 1.05. The molecule has 0 heterocycles. The molecule has 2 aromatic carbocycles. The summed E-state index contributed by atoms with van der Waals surface area (Å²) in [4.78, 5) is 0. The second kappa shape index (κ2) is 8.12. The Balaban J connectivity index is 2.09. The van der Waals surface area contributed by atoms with Crippen LogP contribution >= 0.6 is 8.20 Å². The van der Waals surface area contributed by atoms with Gasteiger partial charge in [-0.2, -0.15) is 0 Å². The maximum absolute atomic E-state index is 12.3. The van der Waals surface area contributed by atoms with E-state index >= 15 is 0 Å². The molecule has 0 aliphatic heterocycles. The van der Waals surface area contributed by atoms with E-state index in [2.05, 4.69) is 13.8 Å². The first-order valence-corrected chi connectivity index (χ1v) is 8.50. The zero-order valence-electron chi connectivity index (χ0n) is 13.4. The molecule has 0 fully saturated rings. The monoisotopic (exact) mass is 313 g/mol. The summed E-state index contributed by atoms with van der Waals surface area (Å²) in [5.74, 6) is 1.52. The van der Waals surface area contributed by atoms with Crippen molar-refractivity contribution in [2.24, 2.45) is 5.92 Å². The highest BCUT2D eigenvalue weighted by atomic mass is 31.1. The first-order chi connectivity index (χ1) is 10.6. The summed E-state index contributed by atoms with van der Waals surface area (Å²) in [5.41, 5.74) is 1.96. The Hall–Kier alpha value is -1.63. The van der Waals surface area contributed by atoms with E-state index in [0.717, 1.165) is 35.2 Å². The number of benzene rings is 2. The molecule has 0 N–H and O–H groups in total. The van der Waals surface area contributed by atoms with Crippen molar-refractivity contribution in [3.63, 3.8) is 0 Å². The molecule has 2 rings (SSSR count). The topological polar surface area (TPSA) is 32.3 Å². The Morgan fingerprint density at radius 2 is 1.86 bits per heavy atom. The fourth-order valence-electron chi connectivity index (χ4n) is 2.01. The first kappa shape index (κ1) is 16.7. The number of aryl methyl sites for hydroxylation is 1. The van der Waals surface area contributed by atoms with Crippen molar-refractivity contribution < 1.29 is 9.84 Å². The minimum atomic E-state index is 0.122. The second-order valence-corrected chi connectivity index (χ2v) is 6.87. The summed E-state index contributed by atoms with van der Waals surface area (Å²) in [6.45, 7) is 7.13. The highest BCUT2D eigenvalue weighted by Crippen LogP contribution is 2.16. The maximum Gasteiger partial charge on any atom is 0.119 e. The summed E-state index contributed by atoms with van der Waals surface area (Å²) in [5, 5.41) is 13.3. The van der Waals surface area contributed by atoms with E-state index in [4.69, 9.17) is 4.74 Å². The van der Waals surface area contributed by atoms with Crippen LogP contribution in [-0.4, -0.2) is 12.1 Å². The quantitative estimate of drug-likeness (QED) is 0.764. The molecule has 0 saturated heterocycles. The van der Waals surface area contributed by atoms with Crippen molar-refractivity contribution in [1.82, 2.24) is 0 Å². The molecular weight excluding hydrogens is 291 g/mol. The Bertz CT molecular complexity index is 633. The molecule has 0 amide bonds. The van der Waals surface area contributed by atoms with Gasteiger partial charge in [0.05, 0.1) is 6.61 Å². The van der Waals surface area contributed by atoms with Gasteiger partial charge in [0, 0.05) is 5.30 Å². The summed E-state index contributed by atoms with van der Waals surface area (Å²) >= 11 is 0. The molecule has 0 bridgehead atoms. The van der Waals surface area contributed by atoms with Gasteiger partial charge in [-0.15, -0.1) is 5.48 Å². The van der Waals surface area contributed by atoms with Crippen LogP contribution in [0.15, 0.2) is 48.5 Å². The third kappa shape index (κ3) is 4.98. The van der Waals surface area contributed by atoms with Crippen LogP contribution in [0.25, 0.3) is 0 Å². The van der Waals surface area contributed by atoms with Crippen LogP contribution < -0.4 is 15.1 Å². The fraction of sp³-hybridized carbons (Fsp3) is 0.316. The molecule has 116 valence electrons. The van der Waals surface area contributed by atoms with Gasteiger partial charge >= 0.3 is 0 Å². The standard InChI is InChI=1S/C19H23O2P/c1-14(2)11-12-21-17-9-10-18(15(3)13-17)22-19(20)16-7-5-4-6-8-16/h4-10,13-14,20H,11-12H2,1-3H3/p-1. The average Bonchev–Trinajstić information content (AvgIpc) is 2.50. The first-order valence-electron chi connectivity index (χ1n) is 7.61. The van der Waals surface area contributed by atoms with Crippen LogP contribution in [0.2, 0.25) is 0 Å². The number of hydrogen-bond donors (Lipinski definition) is 0. The van der Waals surface area contributed by atoms with Crippen molar-refractivity contribution in [3.8, 4) is 5.75 Å². The summed E-state index contributed by atoms with van der Waals surface area (Å²) < 4.78 is 5.75. The Labute approximate surface area is 134 Å². The molecule has 2 nitrogen and oxygen atoms in total. The van der Waals surface area contributed by atoms with Crippen molar-refractivity contribution in [1.29, 1.82) is 0 Å². The van der Waals surface area contributed by atoms with E-state index in [-0.39, 0.29) is 5.48 Å². The van der Waals surface area contributed by atoms with Crippen LogP contribution in [-0.2, 0) is 0 Å². The highest BCUT2D eigenvalue weighted by molar-refractivity contribution is 7.49. The van der Waals surface area contributed by atoms with E-state index in [1.54, 1.807) is 0 Å². The van der Waals surface area contributed by atoms with Crippen LogP contribution in [0.3, 0.4) is 0 Å². The number of hydrogen-bond acceptors (Lipinski definition) is 2. The van der Waals surface area contributed by atoms with Crippen molar-refractivity contribution in [2.45, 2.75) is 27.2 Å². The Morgan fingerprint density at radius 1 is 1.14 bits per heavy atom. The van der Waals surface area contributed by atoms with E-state index in [1.165, 1.54) is 0 Å². The minimum absolute atomic E-state index is 0.122. The maximum atomic E-state index is 12.3. The van der Waals surface area contributed by atoms with Crippen molar-refractivity contribution in [3.05, 3.63) is 59.7 Å². The van der Waals surface area contributed by atoms with Gasteiger partial charge in [-0.25, -0.2) is 0 Å². The molecule has 0 aliphatic carbocycles. The van der Waals surface area contributed by atoms with E-state index in [9.17, 15) is 5.11 Å². The van der Waals surface area contributed by atoms with Crippen molar-refractivity contribution in [2.75, 3.05) is 6.61 Å². The summed E-state index contributed by atoms with van der Waals surface area (Å²) in [6, 6.07) is 15.4. The lowest BCUT2D eigenvalue weighted by Crippen LogP contribution is -2.18.